The first kappa shape index (κ1) is 14.5. The molecule has 3 rings (SSSR count). The Labute approximate surface area is 129 Å². The zero-order valence-corrected chi connectivity index (χ0v) is 13.4. The molecule has 1 aliphatic carbocycles. The highest BCUT2D eigenvalue weighted by atomic mass is 32.2. The van der Waals surface area contributed by atoms with Crippen LogP contribution in [0.4, 0.5) is 5.82 Å². The maximum Gasteiger partial charge on any atom is 0.173 e. The fourth-order valence-corrected chi connectivity index (χ4v) is 4.25. The van der Waals surface area contributed by atoms with E-state index in [-0.39, 0.29) is 5.84 Å². The van der Waals surface area contributed by atoms with Gasteiger partial charge in [0, 0.05) is 29.3 Å². The van der Waals surface area contributed by atoms with E-state index < -0.39 is 0 Å². The van der Waals surface area contributed by atoms with Crippen molar-refractivity contribution in [3.63, 3.8) is 0 Å². The van der Waals surface area contributed by atoms with Crippen molar-refractivity contribution in [2.24, 2.45) is 10.9 Å². The fourth-order valence-electron chi connectivity index (χ4n) is 3.15. The number of amidine groups is 1. The molecule has 1 aromatic heterocycles. The van der Waals surface area contributed by atoms with Gasteiger partial charge >= 0.3 is 0 Å². The maximum atomic E-state index is 9.09. The molecule has 0 amide bonds. The second kappa shape index (κ2) is 5.75. The fraction of sp³-hybridized carbons (Fsp3) is 0.600. The summed E-state index contributed by atoms with van der Waals surface area (Å²) in [6, 6.07) is 2.46. The van der Waals surface area contributed by atoms with Gasteiger partial charge in [0.1, 0.15) is 5.82 Å². The molecule has 114 valence electrons. The third-order valence-corrected chi connectivity index (χ3v) is 5.91. The first-order valence-corrected chi connectivity index (χ1v) is 8.55. The predicted molar refractivity (Wildman–Crippen MR) is 87.5 cm³/mol. The third kappa shape index (κ3) is 2.57. The molecule has 6 heteroatoms. The van der Waals surface area contributed by atoms with Gasteiger partial charge in [-0.3, -0.25) is 0 Å². The number of hydrogen-bond donors (Lipinski definition) is 2. The number of nitrogens with two attached hydrogens (primary N) is 1. The molecule has 21 heavy (non-hydrogen) atoms. The number of hydrogen-bond acceptors (Lipinski definition) is 5. The third-order valence-electron chi connectivity index (χ3n) is 4.57. The van der Waals surface area contributed by atoms with Crippen LogP contribution < -0.4 is 10.6 Å². The summed E-state index contributed by atoms with van der Waals surface area (Å²) >= 11 is 1.99. The van der Waals surface area contributed by atoms with Crippen molar-refractivity contribution < 1.29 is 5.21 Å². The van der Waals surface area contributed by atoms with E-state index in [1.807, 2.05) is 11.8 Å². The number of anilines is 1. The summed E-state index contributed by atoms with van der Waals surface area (Å²) < 4.78 is 0. The van der Waals surface area contributed by atoms with Gasteiger partial charge in [0.2, 0.25) is 0 Å². The van der Waals surface area contributed by atoms with Gasteiger partial charge in [0.05, 0.1) is 5.56 Å². The smallest absolute Gasteiger partial charge is 0.173 e. The Morgan fingerprint density at radius 1 is 1.48 bits per heavy atom. The molecule has 2 heterocycles. The van der Waals surface area contributed by atoms with E-state index in [0.29, 0.717) is 11.3 Å². The van der Waals surface area contributed by atoms with Gasteiger partial charge in [0.15, 0.2) is 5.84 Å². The van der Waals surface area contributed by atoms with Gasteiger partial charge in [-0.25, -0.2) is 4.98 Å². The highest BCUT2D eigenvalue weighted by Crippen LogP contribution is 2.33. The minimum atomic E-state index is 0.158. The summed E-state index contributed by atoms with van der Waals surface area (Å²) in [4.78, 5) is 7.19. The summed E-state index contributed by atoms with van der Waals surface area (Å²) in [5, 5.41) is 12.8. The number of thioether (sulfide) groups is 1. The van der Waals surface area contributed by atoms with Gasteiger partial charge in [-0.15, -0.1) is 0 Å². The van der Waals surface area contributed by atoms with Crippen LogP contribution in [0.15, 0.2) is 11.2 Å². The molecule has 2 unspecified atom stereocenters. The first-order valence-electron chi connectivity index (χ1n) is 7.50. The molecule has 1 saturated heterocycles. The maximum absolute atomic E-state index is 9.09. The molecule has 2 atom stereocenters. The Balaban J connectivity index is 2.07. The van der Waals surface area contributed by atoms with Gasteiger partial charge < -0.3 is 15.8 Å². The molecule has 0 radical (unpaired) electrons. The highest BCUT2D eigenvalue weighted by molar-refractivity contribution is 8.00. The Kier molecular flexibility index (Phi) is 3.97. The lowest BCUT2D eigenvalue weighted by atomic mass is 10.1. The van der Waals surface area contributed by atoms with Crippen LogP contribution in [0.3, 0.4) is 0 Å². The molecule has 1 fully saturated rings. The molecule has 2 aliphatic rings. The van der Waals surface area contributed by atoms with E-state index in [9.17, 15) is 0 Å². The van der Waals surface area contributed by atoms with Gasteiger partial charge in [-0.1, -0.05) is 12.1 Å². The van der Waals surface area contributed by atoms with Crippen LogP contribution in [-0.2, 0) is 12.8 Å². The van der Waals surface area contributed by atoms with Crippen molar-refractivity contribution >= 4 is 23.4 Å². The van der Waals surface area contributed by atoms with Crippen LogP contribution in [0.1, 0.15) is 37.1 Å². The van der Waals surface area contributed by atoms with Crippen LogP contribution >= 0.6 is 11.8 Å². The molecule has 3 N–H and O–H groups in total. The second-order valence-electron chi connectivity index (χ2n) is 5.81. The highest BCUT2D eigenvalue weighted by Gasteiger charge is 2.30. The Morgan fingerprint density at radius 2 is 2.29 bits per heavy atom. The van der Waals surface area contributed by atoms with E-state index in [1.54, 1.807) is 0 Å². The predicted octanol–water partition coefficient (Wildman–Crippen LogP) is 1.99. The Hall–Kier alpha value is -1.43. The lowest BCUT2D eigenvalue weighted by molar-refractivity contribution is 0.318. The number of rotatable bonds is 2. The minimum Gasteiger partial charge on any atom is -0.409 e. The molecule has 1 aliphatic heterocycles. The molecule has 0 bridgehead atoms. The average molecular weight is 306 g/mol. The van der Waals surface area contributed by atoms with Crippen LogP contribution in [-0.4, -0.2) is 39.6 Å². The SMILES string of the molecule is CC1SCCN(c2nc3c(cc2C(N)=NO)CCC3)C1C. The topological polar surface area (TPSA) is 74.7 Å². The number of oxime groups is 1. The van der Waals surface area contributed by atoms with Crippen molar-refractivity contribution in [3.8, 4) is 0 Å². The Morgan fingerprint density at radius 3 is 3.05 bits per heavy atom. The van der Waals surface area contributed by atoms with Crippen LogP contribution in [0.5, 0.6) is 0 Å². The lowest BCUT2D eigenvalue weighted by Gasteiger charge is -2.39. The van der Waals surface area contributed by atoms with Crippen LogP contribution in [0.2, 0.25) is 0 Å². The summed E-state index contributed by atoms with van der Waals surface area (Å²) in [6.07, 6.45) is 3.21. The van der Waals surface area contributed by atoms with Crippen LogP contribution in [0, 0.1) is 0 Å². The van der Waals surface area contributed by atoms with E-state index in [2.05, 4.69) is 30.0 Å². The molecule has 0 aromatic carbocycles. The van der Waals surface area contributed by atoms with Crippen molar-refractivity contribution in [1.29, 1.82) is 0 Å². The van der Waals surface area contributed by atoms with E-state index in [4.69, 9.17) is 15.9 Å². The van der Waals surface area contributed by atoms with Crippen molar-refractivity contribution in [3.05, 3.63) is 22.9 Å². The standard InChI is InChI=1S/C15H22N4OS/c1-9-10(2)21-7-6-19(9)15-12(14(16)18-20)8-11-4-3-5-13(11)17-15/h8-10,20H,3-7H2,1-2H3,(H2,16,18). The molecular formula is C15H22N4OS. The molecular weight excluding hydrogens is 284 g/mol. The average Bonchev–Trinajstić information content (AvgIpc) is 2.95. The van der Waals surface area contributed by atoms with Gasteiger partial charge in [-0.05, 0) is 37.8 Å². The molecule has 1 aromatic rings. The second-order valence-corrected chi connectivity index (χ2v) is 7.30. The number of fused-ring (bicyclic) bond motifs is 1. The zero-order valence-electron chi connectivity index (χ0n) is 12.5. The molecule has 5 nitrogen and oxygen atoms in total. The van der Waals surface area contributed by atoms with Gasteiger partial charge in [0.25, 0.3) is 0 Å². The summed E-state index contributed by atoms with van der Waals surface area (Å²) in [5.41, 5.74) is 9.09. The van der Waals surface area contributed by atoms with E-state index in [0.717, 1.165) is 42.9 Å². The Bertz CT molecular complexity index is 575. The summed E-state index contributed by atoms with van der Waals surface area (Å²) in [6.45, 7) is 5.42. The quantitative estimate of drug-likeness (QED) is 0.378. The zero-order chi connectivity index (χ0) is 15.0. The van der Waals surface area contributed by atoms with Crippen molar-refractivity contribution in [2.45, 2.75) is 44.4 Å². The summed E-state index contributed by atoms with van der Waals surface area (Å²) in [7, 11) is 0. The van der Waals surface area contributed by atoms with Crippen LogP contribution in [0.25, 0.3) is 0 Å². The largest absolute Gasteiger partial charge is 0.409 e. The lowest BCUT2D eigenvalue weighted by Crippen LogP contribution is -2.46. The normalized spacial score (nSPS) is 26.0. The number of pyridine rings is 1. The molecule has 0 spiro atoms. The monoisotopic (exact) mass is 306 g/mol. The summed E-state index contributed by atoms with van der Waals surface area (Å²) in [5.74, 6) is 2.12. The number of aryl methyl sites for hydroxylation is 2. The first-order chi connectivity index (χ1) is 10.1. The minimum absolute atomic E-state index is 0.158. The van der Waals surface area contributed by atoms with Gasteiger partial charge in [-0.2, -0.15) is 11.8 Å². The molecule has 0 saturated carbocycles. The van der Waals surface area contributed by atoms with E-state index >= 15 is 0 Å². The van der Waals surface area contributed by atoms with Crippen molar-refractivity contribution in [2.75, 3.05) is 17.2 Å². The number of nitrogens with zero attached hydrogens (tertiary/aromatic N) is 3. The van der Waals surface area contributed by atoms with E-state index in [1.165, 1.54) is 11.3 Å². The van der Waals surface area contributed by atoms with Crippen molar-refractivity contribution in [1.82, 2.24) is 4.98 Å². The number of aromatic nitrogens is 1.